The molecule has 1 aromatic rings. The van der Waals surface area contributed by atoms with Gasteiger partial charge in [-0.05, 0) is 13.0 Å². The van der Waals surface area contributed by atoms with Gasteiger partial charge in [-0.3, -0.25) is 9.69 Å². The second kappa shape index (κ2) is 7.24. The maximum absolute atomic E-state index is 11.6. The van der Waals surface area contributed by atoms with Crippen molar-refractivity contribution in [3.05, 3.63) is 5.69 Å². The summed E-state index contributed by atoms with van der Waals surface area (Å²) in [6.45, 7) is 5.67. The number of carbonyl (C=O) groups is 1. The van der Waals surface area contributed by atoms with Crippen molar-refractivity contribution in [2.24, 2.45) is 11.8 Å². The first-order valence-corrected chi connectivity index (χ1v) is 6.53. The van der Waals surface area contributed by atoms with Crippen LogP contribution in [0.2, 0.25) is 0 Å². The maximum Gasteiger partial charge on any atom is 0.234 e. The normalized spacial score (nSPS) is 11.0. The SMILES string of the molecule is CC(C)CNC(=O)CN(C)Cc1nnsc1NN. The minimum Gasteiger partial charge on any atom is -0.355 e. The van der Waals surface area contributed by atoms with Gasteiger partial charge in [0.25, 0.3) is 0 Å². The van der Waals surface area contributed by atoms with E-state index in [1.54, 1.807) is 0 Å². The summed E-state index contributed by atoms with van der Waals surface area (Å²) in [4.78, 5) is 13.5. The average molecular weight is 272 g/mol. The molecule has 0 radical (unpaired) electrons. The summed E-state index contributed by atoms with van der Waals surface area (Å²) in [6, 6.07) is 0. The Morgan fingerprint density at radius 3 is 2.89 bits per heavy atom. The number of nitrogens with zero attached hydrogens (tertiary/aromatic N) is 3. The topological polar surface area (TPSA) is 96.2 Å². The Labute approximate surface area is 111 Å². The van der Waals surface area contributed by atoms with Crippen LogP contribution in [0.5, 0.6) is 0 Å². The lowest BCUT2D eigenvalue weighted by atomic mass is 10.2. The number of nitrogen functional groups attached to an aromatic ring is 1. The number of hydrazine groups is 1. The molecular weight excluding hydrogens is 252 g/mol. The molecular formula is C10H20N6OS. The van der Waals surface area contributed by atoms with Crippen LogP contribution >= 0.6 is 11.5 Å². The van der Waals surface area contributed by atoms with Crippen molar-refractivity contribution in [2.45, 2.75) is 20.4 Å². The Balaban J connectivity index is 2.37. The molecule has 0 aromatic carbocycles. The van der Waals surface area contributed by atoms with Crippen molar-refractivity contribution in [3.8, 4) is 0 Å². The van der Waals surface area contributed by atoms with Crippen molar-refractivity contribution < 1.29 is 4.79 Å². The molecule has 0 bridgehead atoms. The van der Waals surface area contributed by atoms with Crippen molar-refractivity contribution in [3.63, 3.8) is 0 Å². The molecule has 7 nitrogen and oxygen atoms in total. The summed E-state index contributed by atoms with van der Waals surface area (Å²) in [5.74, 6) is 5.80. The largest absolute Gasteiger partial charge is 0.355 e. The Kier molecular flexibility index (Phi) is 5.96. The summed E-state index contributed by atoms with van der Waals surface area (Å²) in [6.07, 6.45) is 0. The molecule has 18 heavy (non-hydrogen) atoms. The van der Waals surface area contributed by atoms with E-state index in [4.69, 9.17) is 5.84 Å². The summed E-state index contributed by atoms with van der Waals surface area (Å²) in [7, 11) is 1.86. The number of anilines is 1. The molecule has 0 atom stereocenters. The number of aromatic nitrogens is 2. The van der Waals surface area contributed by atoms with Crippen LogP contribution in [-0.4, -0.2) is 40.5 Å². The third kappa shape index (κ3) is 4.94. The number of nitrogens with one attached hydrogen (secondary N) is 2. The molecule has 1 heterocycles. The lowest BCUT2D eigenvalue weighted by Crippen LogP contribution is -2.36. The van der Waals surface area contributed by atoms with E-state index in [1.165, 1.54) is 11.5 Å². The monoisotopic (exact) mass is 272 g/mol. The third-order valence-electron chi connectivity index (χ3n) is 2.23. The summed E-state index contributed by atoms with van der Waals surface area (Å²) < 4.78 is 3.81. The second-order valence-corrected chi connectivity index (χ2v) is 5.32. The highest BCUT2D eigenvalue weighted by Gasteiger charge is 2.12. The third-order valence-corrected chi connectivity index (χ3v) is 2.93. The van der Waals surface area contributed by atoms with Gasteiger partial charge in [-0.1, -0.05) is 18.3 Å². The number of carbonyl (C=O) groups excluding carboxylic acids is 1. The van der Waals surface area contributed by atoms with Crippen LogP contribution < -0.4 is 16.6 Å². The minimum atomic E-state index is 0.0108. The van der Waals surface area contributed by atoms with Gasteiger partial charge in [-0.2, -0.15) is 0 Å². The lowest BCUT2D eigenvalue weighted by molar-refractivity contribution is -0.122. The highest BCUT2D eigenvalue weighted by molar-refractivity contribution is 7.10. The van der Waals surface area contributed by atoms with Crippen LogP contribution in [0.25, 0.3) is 0 Å². The molecule has 0 aliphatic heterocycles. The van der Waals surface area contributed by atoms with E-state index in [1.807, 2.05) is 11.9 Å². The van der Waals surface area contributed by atoms with E-state index in [9.17, 15) is 4.79 Å². The van der Waals surface area contributed by atoms with E-state index in [-0.39, 0.29) is 5.91 Å². The van der Waals surface area contributed by atoms with Crippen LogP contribution in [0, 0.1) is 5.92 Å². The van der Waals surface area contributed by atoms with Crippen LogP contribution in [-0.2, 0) is 11.3 Å². The molecule has 8 heteroatoms. The average Bonchev–Trinajstić information content (AvgIpc) is 2.73. The van der Waals surface area contributed by atoms with Crippen LogP contribution in [0.1, 0.15) is 19.5 Å². The number of amides is 1. The van der Waals surface area contributed by atoms with Gasteiger partial charge < -0.3 is 10.7 Å². The smallest absolute Gasteiger partial charge is 0.234 e. The Bertz CT molecular complexity index is 380. The highest BCUT2D eigenvalue weighted by atomic mass is 32.1. The zero-order chi connectivity index (χ0) is 13.5. The Morgan fingerprint density at radius 2 is 2.28 bits per heavy atom. The first-order valence-electron chi connectivity index (χ1n) is 5.76. The maximum atomic E-state index is 11.6. The lowest BCUT2D eigenvalue weighted by Gasteiger charge is -2.16. The first kappa shape index (κ1) is 14.8. The number of hydrogen-bond donors (Lipinski definition) is 3. The molecule has 1 aromatic heterocycles. The molecule has 0 aliphatic rings. The van der Waals surface area contributed by atoms with Gasteiger partial charge in [0.15, 0.2) is 0 Å². The minimum absolute atomic E-state index is 0.0108. The number of rotatable bonds is 7. The Hall–Kier alpha value is -1.25. The van der Waals surface area contributed by atoms with Crippen molar-refractivity contribution >= 4 is 22.4 Å². The van der Waals surface area contributed by atoms with Crippen molar-refractivity contribution in [1.82, 2.24) is 19.8 Å². The molecule has 0 fully saturated rings. The molecule has 0 unspecified atom stereocenters. The molecule has 1 rings (SSSR count). The molecule has 0 saturated heterocycles. The van der Waals surface area contributed by atoms with Gasteiger partial charge in [0, 0.05) is 24.6 Å². The molecule has 1 amide bonds. The van der Waals surface area contributed by atoms with Crippen LogP contribution in [0.3, 0.4) is 0 Å². The van der Waals surface area contributed by atoms with Crippen molar-refractivity contribution in [2.75, 3.05) is 25.6 Å². The van der Waals surface area contributed by atoms with E-state index in [2.05, 4.69) is 34.2 Å². The summed E-state index contributed by atoms with van der Waals surface area (Å²) >= 11 is 1.20. The molecule has 0 spiro atoms. The fraction of sp³-hybridized carbons (Fsp3) is 0.700. The van der Waals surface area contributed by atoms with Gasteiger partial charge >= 0.3 is 0 Å². The second-order valence-electron chi connectivity index (χ2n) is 4.56. The molecule has 4 N–H and O–H groups in total. The van der Waals surface area contributed by atoms with E-state index < -0.39 is 0 Å². The number of likely N-dealkylation sites (N-methyl/N-ethyl adjacent to an activating group) is 1. The summed E-state index contributed by atoms with van der Waals surface area (Å²) in [5, 5.41) is 7.55. The fourth-order valence-electron chi connectivity index (χ4n) is 1.35. The predicted octanol–water partition coefficient (Wildman–Crippen LogP) is 0.0277. The molecule has 102 valence electrons. The van der Waals surface area contributed by atoms with Gasteiger partial charge in [-0.15, -0.1) is 5.10 Å². The standard InChI is InChI=1S/C10H20N6OS/c1-7(2)4-12-9(17)6-16(3)5-8-10(13-11)18-15-14-8/h7,13H,4-6,11H2,1-3H3,(H,12,17). The quantitative estimate of drug-likeness (QED) is 0.478. The van der Waals surface area contributed by atoms with Gasteiger partial charge in [0.2, 0.25) is 5.91 Å². The predicted molar refractivity (Wildman–Crippen MR) is 71.9 cm³/mol. The van der Waals surface area contributed by atoms with E-state index in [0.29, 0.717) is 25.6 Å². The zero-order valence-corrected chi connectivity index (χ0v) is 11.8. The van der Waals surface area contributed by atoms with Gasteiger partial charge in [0.1, 0.15) is 10.7 Å². The molecule has 0 saturated carbocycles. The summed E-state index contributed by atoms with van der Waals surface area (Å²) in [5.41, 5.74) is 3.29. The Morgan fingerprint density at radius 1 is 1.56 bits per heavy atom. The van der Waals surface area contributed by atoms with Crippen LogP contribution in [0.15, 0.2) is 0 Å². The van der Waals surface area contributed by atoms with Gasteiger partial charge in [-0.25, -0.2) is 5.84 Å². The van der Waals surface area contributed by atoms with E-state index >= 15 is 0 Å². The molecule has 0 aliphatic carbocycles. The van der Waals surface area contributed by atoms with Gasteiger partial charge in [0.05, 0.1) is 6.54 Å². The van der Waals surface area contributed by atoms with Crippen molar-refractivity contribution in [1.29, 1.82) is 0 Å². The zero-order valence-electron chi connectivity index (χ0n) is 10.9. The first-order chi connectivity index (χ1) is 8.52. The fourth-order valence-corrected chi connectivity index (χ4v) is 1.84. The number of hydrogen-bond acceptors (Lipinski definition) is 7. The highest BCUT2D eigenvalue weighted by Crippen LogP contribution is 2.16. The van der Waals surface area contributed by atoms with Crippen LogP contribution in [0.4, 0.5) is 5.00 Å². The van der Waals surface area contributed by atoms with E-state index in [0.717, 1.165) is 10.7 Å². The number of nitrogens with two attached hydrogens (primary N) is 1.